The summed E-state index contributed by atoms with van der Waals surface area (Å²) in [6.07, 6.45) is 1.09. The van der Waals surface area contributed by atoms with E-state index in [1.165, 1.54) is 16.0 Å². The predicted molar refractivity (Wildman–Crippen MR) is 91.7 cm³/mol. The Morgan fingerprint density at radius 2 is 1.86 bits per heavy atom. The fraction of sp³-hybridized carbons (Fsp3) is 0.389. The maximum atomic E-state index is 11.4. The summed E-state index contributed by atoms with van der Waals surface area (Å²) in [6, 6.07) is 12.8. The molecule has 2 rings (SSSR count). The van der Waals surface area contributed by atoms with Crippen molar-refractivity contribution in [2.24, 2.45) is 11.7 Å². The van der Waals surface area contributed by atoms with E-state index < -0.39 is 0 Å². The predicted octanol–water partition coefficient (Wildman–Crippen LogP) is 2.47. The Labute approximate surface area is 136 Å². The summed E-state index contributed by atoms with van der Waals surface area (Å²) in [6.45, 7) is 6.31. The number of carbonyl (C=O) groups excluding carboxylic acids is 1. The van der Waals surface area contributed by atoms with Crippen LogP contribution in [0.4, 0.5) is 0 Å². The van der Waals surface area contributed by atoms with Gasteiger partial charge in [-0.15, -0.1) is 11.3 Å². The summed E-state index contributed by atoms with van der Waals surface area (Å²) in [5.74, 6) is 0.373. The maximum absolute atomic E-state index is 11.4. The van der Waals surface area contributed by atoms with Crippen molar-refractivity contribution in [3.63, 3.8) is 0 Å². The van der Waals surface area contributed by atoms with Gasteiger partial charge in [0.05, 0.1) is 4.88 Å². The lowest BCUT2D eigenvalue weighted by Crippen LogP contribution is -2.92. The van der Waals surface area contributed by atoms with E-state index in [2.05, 4.69) is 49.6 Å². The first-order valence-corrected chi connectivity index (χ1v) is 8.62. The average molecular weight is 317 g/mol. The molecule has 4 N–H and O–H groups in total. The van der Waals surface area contributed by atoms with Crippen LogP contribution in [0.25, 0.3) is 0 Å². The smallest absolute Gasteiger partial charge is 0.275 e. The van der Waals surface area contributed by atoms with E-state index >= 15 is 0 Å². The van der Waals surface area contributed by atoms with Crippen molar-refractivity contribution < 1.29 is 10.1 Å². The SMILES string of the molecule is CC(C)Cc1ccc([C@H]([NH2+][C@H](C)C(N)=O)c2cccs2)cc1. The molecular weight excluding hydrogens is 292 g/mol. The summed E-state index contributed by atoms with van der Waals surface area (Å²) < 4.78 is 0. The van der Waals surface area contributed by atoms with Crippen molar-refractivity contribution >= 4 is 17.2 Å². The van der Waals surface area contributed by atoms with Gasteiger partial charge in [-0.25, -0.2) is 0 Å². The Kier molecular flexibility index (Phi) is 5.75. The molecule has 118 valence electrons. The third-order valence-electron chi connectivity index (χ3n) is 3.76. The summed E-state index contributed by atoms with van der Waals surface area (Å²) in [7, 11) is 0. The number of hydrogen-bond donors (Lipinski definition) is 2. The molecule has 0 aliphatic carbocycles. The Morgan fingerprint density at radius 3 is 2.36 bits per heavy atom. The van der Waals surface area contributed by atoms with Gasteiger partial charge in [0.1, 0.15) is 6.04 Å². The molecule has 22 heavy (non-hydrogen) atoms. The lowest BCUT2D eigenvalue weighted by molar-refractivity contribution is -0.704. The number of amides is 1. The van der Waals surface area contributed by atoms with E-state index in [0.29, 0.717) is 5.92 Å². The molecule has 1 aromatic carbocycles. The highest BCUT2D eigenvalue weighted by Crippen LogP contribution is 2.23. The molecule has 0 bridgehead atoms. The van der Waals surface area contributed by atoms with Crippen LogP contribution in [0.15, 0.2) is 41.8 Å². The Bertz CT molecular complexity index is 590. The zero-order chi connectivity index (χ0) is 16.1. The minimum absolute atomic E-state index is 0.121. The number of primary amides is 1. The van der Waals surface area contributed by atoms with Crippen LogP contribution >= 0.6 is 11.3 Å². The number of benzene rings is 1. The van der Waals surface area contributed by atoms with E-state index in [4.69, 9.17) is 5.73 Å². The van der Waals surface area contributed by atoms with Crippen LogP contribution in [0.2, 0.25) is 0 Å². The van der Waals surface area contributed by atoms with Crippen molar-refractivity contribution in [3.05, 3.63) is 57.8 Å². The highest BCUT2D eigenvalue weighted by atomic mass is 32.1. The molecule has 1 aromatic heterocycles. The molecule has 0 saturated carbocycles. The van der Waals surface area contributed by atoms with E-state index in [9.17, 15) is 4.79 Å². The topological polar surface area (TPSA) is 59.7 Å². The summed E-state index contributed by atoms with van der Waals surface area (Å²) in [5, 5.41) is 4.11. The first-order chi connectivity index (χ1) is 10.5. The molecule has 0 radical (unpaired) electrons. The second-order valence-corrected chi connectivity index (χ2v) is 7.20. The first-order valence-electron chi connectivity index (χ1n) is 7.74. The van der Waals surface area contributed by atoms with Gasteiger partial charge in [0.25, 0.3) is 5.91 Å². The van der Waals surface area contributed by atoms with Gasteiger partial charge in [0.15, 0.2) is 6.04 Å². The number of nitrogens with two attached hydrogens (primary N) is 2. The molecule has 0 aliphatic rings. The molecule has 2 atom stereocenters. The van der Waals surface area contributed by atoms with Crippen LogP contribution in [-0.4, -0.2) is 11.9 Å². The summed E-state index contributed by atoms with van der Waals surface area (Å²) >= 11 is 1.71. The normalized spacial score (nSPS) is 14.0. The van der Waals surface area contributed by atoms with Crippen molar-refractivity contribution in [1.82, 2.24) is 0 Å². The quantitative estimate of drug-likeness (QED) is 0.810. The second-order valence-electron chi connectivity index (χ2n) is 6.22. The number of rotatable bonds is 7. The number of quaternary nitrogens is 1. The average Bonchev–Trinajstić information content (AvgIpc) is 2.98. The van der Waals surface area contributed by atoms with Gasteiger partial charge in [-0.05, 0) is 36.3 Å². The van der Waals surface area contributed by atoms with Crippen LogP contribution in [0.5, 0.6) is 0 Å². The number of thiophene rings is 1. The third kappa shape index (κ3) is 4.42. The minimum atomic E-state index is -0.280. The molecule has 1 amide bonds. The molecule has 0 aliphatic heterocycles. The molecule has 4 heteroatoms. The maximum Gasteiger partial charge on any atom is 0.275 e. The molecule has 2 aromatic rings. The number of carbonyl (C=O) groups is 1. The molecule has 3 nitrogen and oxygen atoms in total. The van der Waals surface area contributed by atoms with Crippen LogP contribution in [0, 0.1) is 5.92 Å². The van der Waals surface area contributed by atoms with E-state index in [0.717, 1.165) is 6.42 Å². The largest absolute Gasteiger partial charge is 0.365 e. The zero-order valence-electron chi connectivity index (χ0n) is 13.5. The van der Waals surface area contributed by atoms with Crippen LogP contribution in [-0.2, 0) is 11.2 Å². The van der Waals surface area contributed by atoms with Crippen LogP contribution < -0.4 is 11.1 Å². The van der Waals surface area contributed by atoms with Crippen molar-refractivity contribution in [2.45, 2.75) is 39.3 Å². The van der Waals surface area contributed by atoms with Gasteiger partial charge in [0.2, 0.25) is 0 Å². The highest BCUT2D eigenvalue weighted by molar-refractivity contribution is 7.10. The summed E-state index contributed by atoms with van der Waals surface area (Å²) in [5.41, 5.74) is 7.99. The van der Waals surface area contributed by atoms with Gasteiger partial charge in [-0.2, -0.15) is 0 Å². The first kappa shape index (κ1) is 16.7. The zero-order valence-corrected chi connectivity index (χ0v) is 14.3. The monoisotopic (exact) mass is 317 g/mol. The van der Waals surface area contributed by atoms with Crippen molar-refractivity contribution in [1.29, 1.82) is 0 Å². The highest BCUT2D eigenvalue weighted by Gasteiger charge is 2.24. The Balaban J connectivity index is 2.23. The van der Waals surface area contributed by atoms with Crippen molar-refractivity contribution in [3.8, 4) is 0 Å². The molecule has 0 fully saturated rings. The Hall–Kier alpha value is -1.65. The van der Waals surface area contributed by atoms with Gasteiger partial charge in [-0.3, -0.25) is 4.79 Å². The van der Waals surface area contributed by atoms with E-state index in [1.807, 2.05) is 18.3 Å². The molecule has 0 spiro atoms. The summed E-state index contributed by atoms with van der Waals surface area (Å²) in [4.78, 5) is 12.6. The van der Waals surface area contributed by atoms with Gasteiger partial charge in [0, 0.05) is 5.56 Å². The molecule has 1 heterocycles. The van der Waals surface area contributed by atoms with Crippen LogP contribution in [0.1, 0.15) is 42.8 Å². The number of hydrogen-bond acceptors (Lipinski definition) is 2. The van der Waals surface area contributed by atoms with Crippen molar-refractivity contribution in [2.75, 3.05) is 0 Å². The molecule has 0 unspecified atom stereocenters. The van der Waals surface area contributed by atoms with Gasteiger partial charge >= 0.3 is 0 Å². The Morgan fingerprint density at radius 1 is 1.18 bits per heavy atom. The fourth-order valence-electron chi connectivity index (χ4n) is 2.55. The molecular formula is C18H25N2OS+. The second kappa shape index (κ2) is 7.56. The molecule has 0 saturated heterocycles. The van der Waals surface area contributed by atoms with E-state index in [-0.39, 0.29) is 18.0 Å². The van der Waals surface area contributed by atoms with Crippen LogP contribution in [0.3, 0.4) is 0 Å². The van der Waals surface area contributed by atoms with E-state index in [1.54, 1.807) is 11.3 Å². The third-order valence-corrected chi connectivity index (χ3v) is 4.72. The lowest BCUT2D eigenvalue weighted by atomic mass is 9.98. The minimum Gasteiger partial charge on any atom is -0.365 e. The standard InChI is InChI=1S/C18H24N2OS/c1-12(2)11-14-6-8-15(9-7-14)17(16-5-4-10-22-16)20-13(3)18(19)21/h4-10,12-13,17,20H,11H2,1-3H3,(H2,19,21)/p+1/t13-,17+/m1/s1. The fourth-order valence-corrected chi connectivity index (χ4v) is 3.39. The lowest BCUT2D eigenvalue weighted by Gasteiger charge is -2.18. The van der Waals surface area contributed by atoms with Gasteiger partial charge in [-0.1, -0.05) is 44.2 Å². The van der Waals surface area contributed by atoms with Gasteiger partial charge < -0.3 is 11.1 Å².